The molecule has 0 saturated carbocycles. The molecule has 0 aliphatic heterocycles. The standard InChI is InChI=1S/C14H11Cl3N2O4S/c1-23-13-3-2-8(4-12(13)20)7-18-19-24(21,22)14-6-10(16)9(15)5-11(14)17/h2-7,19-20H,1H3/b18-7+. The van der Waals surface area contributed by atoms with Crippen molar-refractivity contribution in [1.29, 1.82) is 0 Å². The minimum absolute atomic E-state index is 0.0468. The van der Waals surface area contributed by atoms with E-state index >= 15 is 0 Å². The van der Waals surface area contributed by atoms with Crippen molar-refractivity contribution in [2.75, 3.05) is 7.11 Å². The fourth-order valence-electron chi connectivity index (χ4n) is 1.72. The highest BCUT2D eigenvalue weighted by atomic mass is 35.5. The number of hydrogen-bond acceptors (Lipinski definition) is 5. The number of hydrogen-bond donors (Lipinski definition) is 2. The van der Waals surface area contributed by atoms with E-state index in [1.807, 2.05) is 4.83 Å². The number of phenolic OH excluding ortho intramolecular Hbond substituents is 1. The Morgan fingerprint density at radius 1 is 1.12 bits per heavy atom. The van der Waals surface area contributed by atoms with Crippen LogP contribution in [0.15, 0.2) is 40.3 Å². The molecule has 2 rings (SSSR count). The molecule has 0 amide bonds. The van der Waals surface area contributed by atoms with E-state index in [0.29, 0.717) is 5.56 Å². The third kappa shape index (κ3) is 4.24. The summed E-state index contributed by atoms with van der Waals surface area (Å²) in [6, 6.07) is 6.82. The predicted octanol–water partition coefficient (Wildman–Crippen LogP) is 3.67. The number of phenols is 1. The minimum Gasteiger partial charge on any atom is -0.504 e. The number of halogens is 3. The maximum absolute atomic E-state index is 12.2. The van der Waals surface area contributed by atoms with Crippen molar-refractivity contribution >= 4 is 51.0 Å². The van der Waals surface area contributed by atoms with Gasteiger partial charge in [0.25, 0.3) is 10.0 Å². The Balaban J connectivity index is 2.21. The van der Waals surface area contributed by atoms with Crippen LogP contribution in [0.25, 0.3) is 0 Å². The van der Waals surface area contributed by atoms with Gasteiger partial charge in [-0.1, -0.05) is 34.8 Å². The van der Waals surface area contributed by atoms with Crippen LogP contribution in [-0.4, -0.2) is 26.8 Å². The van der Waals surface area contributed by atoms with Gasteiger partial charge in [-0.15, -0.1) is 0 Å². The maximum Gasteiger partial charge on any atom is 0.278 e. The average Bonchev–Trinajstić information content (AvgIpc) is 2.50. The first-order valence-electron chi connectivity index (χ1n) is 6.31. The van der Waals surface area contributed by atoms with E-state index in [-0.39, 0.29) is 31.5 Å². The lowest BCUT2D eigenvalue weighted by atomic mass is 10.2. The van der Waals surface area contributed by atoms with E-state index in [4.69, 9.17) is 39.5 Å². The van der Waals surface area contributed by atoms with Gasteiger partial charge in [-0.3, -0.25) is 0 Å². The number of ether oxygens (including phenoxy) is 1. The Morgan fingerprint density at radius 3 is 2.42 bits per heavy atom. The molecular formula is C14H11Cl3N2O4S. The van der Waals surface area contributed by atoms with Crippen LogP contribution in [0.2, 0.25) is 15.1 Å². The normalized spacial score (nSPS) is 11.7. The average molecular weight is 410 g/mol. The van der Waals surface area contributed by atoms with Gasteiger partial charge in [0, 0.05) is 0 Å². The van der Waals surface area contributed by atoms with Crippen LogP contribution in [-0.2, 0) is 10.0 Å². The molecule has 0 fully saturated rings. The summed E-state index contributed by atoms with van der Waals surface area (Å²) >= 11 is 17.4. The van der Waals surface area contributed by atoms with Crippen molar-refractivity contribution in [2.24, 2.45) is 5.10 Å². The largest absolute Gasteiger partial charge is 0.504 e. The second-order valence-electron chi connectivity index (χ2n) is 4.48. The molecule has 2 aromatic carbocycles. The van der Waals surface area contributed by atoms with Crippen LogP contribution >= 0.6 is 34.8 Å². The number of benzene rings is 2. The lowest BCUT2D eigenvalue weighted by Gasteiger charge is -2.07. The zero-order valence-electron chi connectivity index (χ0n) is 12.1. The highest BCUT2D eigenvalue weighted by molar-refractivity contribution is 7.89. The highest BCUT2D eigenvalue weighted by Gasteiger charge is 2.19. The predicted molar refractivity (Wildman–Crippen MR) is 94.0 cm³/mol. The van der Waals surface area contributed by atoms with Gasteiger partial charge in [0.05, 0.1) is 28.4 Å². The lowest BCUT2D eigenvalue weighted by molar-refractivity contribution is 0.373. The molecule has 6 nitrogen and oxygen atoms in total. The highest BCUT2D eigenvalue weighted by Crippen LogP contribution is 2.31. The molecular weight excluding hydrogens is 399 g/mol. The van der Waals surface area contributed by atoms with Gasteiger partial charge >= 0.3 is 0 Å². The van der Waals surface area contributed by atoms with Gasteiger partial charge in [-0.2, -0.15) is 13.5 Å². The molecule has 0 heterocycles. The number of rotatable bonds is 5. The van der Waals surface area contributed by atoms with Gasteiger partial charge in [0.2, 0.25) is 0 Å². The van der Waals surface area contributed by atoms with E-state index in [1.54, 1.807) is 6.07 Å². The van der Waals surface area contributed by atoms with Crippen LogP contribution in [0.4, 0.5) is 0 Å². The smallest absolute Gasteiger partial charge is 0.278 e. The maximum atomic E-state index is 12.2. The van der Waals surface area contributed by atoms with Crippen LogP contribution in [0, 0.1) is 0 Å². The van der Waals surface area contributed by atoms with Crippen molar-refractivity contribution in [3.05, 3.63) is 51.0 Å². The van der Waals surface area contributed by atoms with Gasteiger partial charge in [0.1, 0.15) is 4.90 Å². The Kier molecular flexibility index (Phi) is 5.82. The number of methoxy groups -OCH3 is 1. The zero-order chi connectivity index (χ0) is 17.9. The molecule has 2 aromatic rings. The quantitative estimate of drug-likeness (QED) is 0.448. The molecule has 0 atom stereocenters. The van der Waals surface area contributed by atoms with E-state index < -0.39 is 10.0 Å². The van der Waals surface area contributed by atoms with Crippen molar-refractivity contribution < 1.29 is 18.3 Å². The fraction of sp³-hybridized carbons (Fsp3) is 0.0714. The molecule has 0 saturated heterocycles. The van der Waals surface area contributed by atoms with Gasteiger partial charge in [-0.05, 0) is 35.9 Å². The molecule has 0 aliphatic rings. The molecule has 0 radical (unpaired) electrons. The number of aromatic hydroxyl groups is 1. The van der Waals surface area contributed by atoms with Crippen LogP contribution in [0.5, 0.6) is 11.5 Å². The first-order chi connectivity index (χ1) is 11.2. The van der Waals surface area contributed by atoms with E-state index in [9.17, 15) is 13.5 Å². The first kappa shape index (κ1) is 18.7. The number of nitrogens with zero attached hydrogens (tertiary/aromatic N) is 1. The molecule has 2 N–H and O–H groups in total. The molecule has 0 spiro atoms. The number of nitrogens with one attached hydrogen (secondary N) is 1. The summed E-state index contributed by atoms with van der Waals surface area (Å²) in [5.41, 5.74) is 0.455. The second kappa shape index (κ2) is 7.48. The Labute approximate surface area is 153 Å². The molecule has 0 bridgehead atoms. The zero-order valence-corrected chi connectivity index (χ0v) is 15.2. The van der Waals surface area contributed by atoms with E-state index in [1.165, 1.54) is 31.5 Å². The molecule has 0 aliphatic carbocycles. The third-order valence-corrected chi connectivity index (χ3v) is 5.26. The number of sulfonamides is 1. The van der Waals surface area contributed by atoms with E-state index in [0.717, 1.165) is 6.07 Å². The Bertz CT molecular complexity index is 901. The van der Waals surface area contributed by atoms with Crippen molar-refractivity contribution in [3.8, 4) is 11.5 Å². The fourth-order valence-corrected chi connectivity index (χ4v) is 3.51. The summed E-state index contributed by atoms with van der Waals surface area (Å²) in [6.45, 7) is 0. The van der Waals surface area contributed by atoms with Crippen molar-refractivity contribution in [2.45, 2.75) is 4.90 Å². The Morgan fingerprint density at radius 2 is 1.79 bits per heavy atom. The molecule has 0 aromatic heterocycles. The summed E-state index contributed by atoms with van der Waals surface area (Å²) in [5.74, 6) is 0.187. The van der Waals surface area contributed by atoms with E-state index in [2.05, 4.69) is 5.10 Å². The van der Waals surface area contributed by atoms with Gasteiger partial charge < -0.3 is 9.84 Å². The summed E-state index contributed by atoms with van der Waals surface area (Å²) in [5, 5.41) is 13.4. The van der Waals surface area contributed by atoms with Crippen molar-refractivity contribution in [1.82, 2.24) is 4.83 Å². The summed E-state index contributed by atoms with van der Waals surface area (Å²) < 4.78 is 29.3. The van der Waals surface area contributed by atoms with Gasteiger partial charge in [0.15, 0.2) is 11.5 Å². The summed E-state index contributed by atoms with van der Waals surface area (Å²) in [6.07, 6.45) is 1.21. The SMILES string of the molecule is COc1ccc(/C=N/NS(=O)(=O)c2cc(Cl)c(Cl)cc2Cl)cc1O. The lowest BCUT2D eigenvalue weighted by Crippen LogP contribution is -2.18. The second-order valence-corrected chi connectivity index (χ2v) is 7.33. The van der Waals surface area contributed by atoms with Crippen LogP contribution < -0.4 is 9.57 Å². The van der Waals surface area contributed by atoms with Gasteiger partial charge in [-0.25, -0.2) is 4.83 Å². The monoisotopic (exact) mass is 408 g/mol. The third-order valence-electron chi connectivity index (χ3n) is 2.85. The van der Waals surface area contributed by atoms with Crippen LogP contribution in [0.1, 0.15) is 5.56 Å². The Hall–Kier alpha value is -1.67. The molecule has 10 heteroatoms. The molecule has 24 heavy (non-hydrogen) atoms. The summed E-state index contributed by atoms with van der Waals surface area (Å²) in [4.78, 5) is 1.75. The first-order valence-corrected chi connectivity index (χ1v) is 8.92. The minimum atomic E-state index is -4.03. The van der Waals surface area contributed by atoms with Crippen molar-refractivity contribution in [3.63, 3.8) is 0 Å². The molecule has 128 valence electrons. The number of hydrazone groups is 1. The van der Waals surface area contributed by atoms with Crippen LogP contribution in [0.3, 0.4) is 0 Å². The molecule has 0 unspecified atom stereocenters. The topological polar surface area (TPSA) is 88.0 Å². The summed E-state index contributed by atoms with van der Waals surface area (Å²) in [7, 11) is -2.62.